The molecule has 1 unspecified atom stereocenters. The molecular weight excluding hydrogens is 221 g/mol. The summed E-state index contributed by atoms with van der Waals surface area (Å²) in [6, 6.07) is 4.60. The quantitative estimate of drug-likeness (QED) is 0.746. The molecule has 0 saturated heterocycles. The van der Waals surface area contributed by atoms with Gasteiger partial charge >= 0.3 is 0 Å². The summed E-state index contributed by atoms with van der Waals surface area (Å²) in [6.45, 7) is 3.39. The third kappa shape index (κ3) is 4.32. The van der Waals surface area contributed by atoms with Gasteiger partial charge in [0.1, 0.15) is 0 Å². The Balaban J connectivity index is 2.51. The van der Waals surface area contributed by atoms with Crippen molar-refractivity contribution in [3.05, 3.63) is 29.6 Å². The lowest BCUT2D eigenvalue weighted by molar-refractivity contribution is 0.128. The van der Waals surface area contributed by atoms with Crippen LogP contribution < -0.4 is 10.5 Å². The van der Waals surface area contributed by atoms with E-state index in [0.717, 1.165) is 18.6 Å². The Morgan fingerprint density at radius 1 is 1.35 bits per heavy atom. The van der Waals surface area contributed by atoms with Crippen LogP contribution in [0.5, 0.6) is 5.75 Å². The fourth-order valence-corrected chi connectivity index (χ4v) is 1.54. The van der Waals surface area contributed by atoms with Gasteiger partial charge in [0, 0.05) is 19.3 Å². The van der Waals surface area contributed by atoms with Gasteiger partial charge in [-0.25, -0.2) is 4.39 Å². The molecule has 1 atom stereocenters. The van der Waals surface area contributed by atoms with Crippen molar-refractivity contribution >= 4 is 0 Å². The van der Waals surface area contributed by atoms with E-state index in [1.807, 2.05) is 0 Å². The largest absolute Gasteiger partial charge is 0.494 e. The summed E-state index contributed by atoms with van der Waals surface area (Å²) in [5.41, 5.74) is 6.72. The van der Waals surface area contributed by atoms with Crippen LogP contribution in [0.4, 0.5) is 4.39 Å². The zero-order chi connectivity index (χ0) is 12.7. The Hall–Kier alpha value is -1.13. The zero-order valence-electron chi connectivity index (χ0n) is 10.4. The highest BCUT2D eigenvalue weighted by atomic mass is 19.1. The lowest BCUT2D eigenvalue weighted by atomic mass is 10.0. The average molecular weight is 241 g/mol. The second-order valence-corrected chi connectivity index (χ2v) is 3.90. The summed E-state index contributed by atoms with van der Waals surface area (Å²) in [5, 5.41) is 0. The highest BCUT2D eigenvalue weighted by Crippen LogP contribution is 2.22. The van der Waals surface area contributed by atoms with E-state index in [9.17, 15) is 4.39 Å². The molecule has 0 spiro atoms. The summed E-state index contributed by atoms with van der Waals surface area (Å²) in [7, 11) is 1.44. The Kier molecular flexibility index (Phi) is 5.94. The van der Waals surface area contributed by atoms with Crippen LogP contribution in [0, 0.1) is 5.82 Å². The second-order valence-electron chi connectivity index (χ2n) is 3.90. The summed E-state index contributed by atoms with van der Waals surface area (Å²) in [4.78, 5) is 0. The SMILES string of the molecule is CCCOCCC(N)c1ccc(OC)c(F)c1. The van der Waals surface area contributed by atoms with E-state index in [4.69, 9.17) is 15.2 Å². The van der Waals surface area contributed by atoms with Crippen LogP contribution in [0.25, 0.3) is 0 Å². The summed E-state index contributed by atoms with van der Waals surface area (Å²) in [5.74, 6) is -0.141. The van der Waals surface area contributed by atoms with Crippen LogP contribution in [0.15, 0.2) is 18.2 Å². The molecule has 0 aliphatic heterocycles. The topological polar surface area (TPSA) is 44.5 Å². The highest BCUT2D eigenvalue weighted by molar-refractivity contribution is 5.30. The minimum absolute atomic E-state index is 0.202. The molecule has 0 aromatic heterocycles. The maximum absolute atomic E-state index is 13.4. The van der Waals surface area contributed by atoms with Gasteiger partial charge in [-0.2, -0.15) is 0 Å². The van der Waals surface area contributed by atoms with Crippen LogP contribution in [-0.4, -0.2) is 20.3 Å². The van der Waals surface area contributed by atoms with Crippen molar-refractivity contribution in [1.29, 1.82) is 0 Å². The van der Waals surface area contributed by atoms with Crippen molar-refractivity contribution in [3.8, 4) is 5.75 Å². The first kappa shape index (κ1) is 13.9. The molecule has 0 amide bonds. The molecule has 0 heterocycles. The first-order valence-electron chi connectivity index (χ1n) is 5.85. The Labute approximate surface area is 102 Å². The Bertz CT molecular complexity index is 344. The number of ether oxygens (including phenoxy) is 2. The molecule has 2 N–H and O–H groups in total. The van der Waals surface area contributed by atoms with Gasteiger partial charge in [-0.05, 0) is 30.5 Å². The van der Waals surface area contributed by atoms with E-state index < -0.39 is 0 Å². The van der Waals surface area contributed by atoms with Gasteiger partial charge < -0.3 is 15.2 Å². The van der Waals surface area contributed by atoms with E-state index in [0.29, 0.717) is 13.0 Å². The van der Waals surface area contributed by atoms with E-state index in [2.05, 4.69) is 6.92 Å². The maximum Gasteiger partial charge on any atom is 0.165 e. The van der Waals surface area contributed by atoms with Gasteiger partial charge in [-0.1, -0.05) is 13.0 Å². The lowest BCUT2D eigenvalue weighted by Gasteiger charge is -2.13. The number of hydrogen-bond donors (Lipinski definition) is 1. The van der Waals surface area contributed by atoms with Crippen LogP contribution in [-0.2, 0) is 4.74 Å². The molecule has 0 bridgehead atoms. The van der Waals surface area contributed by atoms with Crippen molar-refractivity contribution in [2.24, 2.45) is 5.73 Å². The minimum Gasteiger partial charge on any atom is -0.494 e. The molecule has 1 aromatic rings. The van der Waals surface area contributed by atoms with Gasteiger partial charge in [0.25, 0.3) is 0 Å². The molecule has 3 nitrogen and oxygen atoms in total. The molecule has 0 radical (unpaired) electrons. The lowest BCUT2D eigenvalue weighted by Crippen LogP contribution is -2.13. The fraction of sp³-hybridized carbons (Fsp3) is 0.538. The molecule has 4 heteroatoms. The third-order valence-electron chi connectivity index (χ3n) is 2.53. The fourth-order valence-electron chi connectivity index (χ4n) is 1.54. The third-order valence-corrected chi connectivity index (χ3v) is 2.53. The highest BCUT2D eigenvalue weighted by Gasteiger charge is 2.09. The van der Waals surface area contributed by atoms with E-state index >= 15 is 0 Å². The van der Waals surface area contributed by atoms with E-state index in [1.54, 1.807) is 12.1 Å². The van der Waals surface area contributed by atoms with Crippen molar-refractivity contribution in [3.63, 3.8) is 0 Å². The molecule has 0 aliphatic carbocycles. The van der Waals surface area contributed by atoms with E-state index in [1.165, 1.54) is 13.2 Å². The maximum atomic E-state index is 13.4. The molecule has 96 valence electrons. The van der Waals surface area contributed by atoms with Crippen LogP contribution in [0.1, 0.15) is 31.4 Å². The summed E-state index contributed by atoms with van der Waals surface area (Å²) >= 11 is 0. The minimum atomic E-state index is -0.380. The van der Waals surface area contributed by atoms with Crippen molar-refractivity contribution in [1.82, 2.24) is 0 Å². The first-order chi connectivity index (χ1) is 8.19. The van der Waals surface area contributed by atoms with Gasteiger partial charge in [-0.3, -0.25) is 0 Å². The van der Waals surface area contributed by atoms with E-state index in [-0.39, 0.29) is 17.6 Å². The molecule has 0 saturated carbocycles. The van der Waals surface area contributed by atoms with Gasteiger partial charge in [0.2, 0.25) is 0 Å². The monoisotopic (exact) mass is 241 g/mol. The molecule has 17 heavy (non-hydrogen) atoms. The number of methoxy groups -OCH3 is 1. The van der Waals surface area contributed by atoms with Gasteiger partial charge in [-0.15, -0.1) is 0 Å². The zero-order valence-corrected chi connectivity index (χ0v) is 10.4. The number of rotatable bonds is 7. The molecule has 0 aliphatic rings. The Morgan fingerprint density at radius 2 is 2.12 bits per heavy atom. The average Bonchev–Trinajstić information content (AvgIpc) is 2.34. The smallest absolute Gasteiger partial charge is 0.165 e. The number of halogens is 1. The second kappa shape index (κ2) is 7.25. The predicted molar refractivity (Wildman–Crippen MR) is 65.6 cm³/mol. The van der Waals surface area contributed by atoms with Crippen LogP contribution in [0.3, 0.4) is 0 Å². The molecule has 1 rings (SSSR count). The van der Waals surface area contributed by atoms with Gasteiger partial charge in [0.05, 0.1) is 7.11 Å². The van der Waals surface area contributed by atoms with Crippen LogP contribution >= 0.6 is 0 Å². The van der Waals surface area contributed by atoms with Crippen molar-refractivity contribution in [2.75, 3.05) is 20.3 Å². The number of nitrogens with two attached hydrogens (primary N) is 1. The van der Waals surface area contributed by atoms with Crippen molar-refractivity contribution in [2.45, 2.75) is 25.8 Å². The number of hydrogen-bond acceptors (Lipinski definition) is 3. The standard InChI is InChI=1S/C13H20FNO2/c1-3-7-17-8-6-12(15)10-4-5-13(16-2)11(14)9-10/h4-5,9,12H,3,6-8,15H2,1-2H3. The normalized spacial score (nSPS) is 12.5. The molecule has 1 aromatic carbocycles. The van der Waals surface area contributed by atoms with Crippen LogP contribution in [0.2, 0.25) is 0 Å². The first-order valence-corrected chi connectivity index (χ1v) is 5.85. The van der Waals surface area contributed by atoms with Gasteiger partial charge in [0.15, 0.2) is 11.6 Å². The molecular formula is C13H20FNO2. The number of benzene rings is 1. The molecule has 0 fully saturated rings. The Morgan fingerprint density at radius 3 is 2.71 bits per heavy atom. The summed E-state index contributed by atoms with van der Waals surface area (Å²) < 4.78 is 23.6. The van der Waals surface area contributed by atoms with Crippen molar-refractivity contribution < 1.29 is 13.9 Å². The summed E-state index contributed by atoms with van der Waals surface area (Å²) in [6.07, 6.45) is 1.68. The predicted octanol–water partition coefficient (Wildman–Crippen LogP) is 2.65.